The van der Waals surface area contributed by atoms with Crippen molar-refractivity contribution in [2.24, 2.45) is 0 Å². The Morgan fingerprint density at radius 2 is 2.14 bits per heavy atom. The van der Waals surface area contributed by atoms with Gasteiger partial charge in [-0.3, -0.25) is 4.40 Å². The highest BCUT2D eigenvalue weighted by atomic mass is 79.9. The number of carboxylic acid groups (broad SMARTS) is 1. The van der Waals surface area contributed by atoms with E-state index in [2.05, 4.69) is 25.7 Å². The monoisotopic (exact) mass is 380 g/mol. The number of carboxylic acids is 1. The lowest BCUT2D eigenvalue weighted by Crippen LogP contribution is -2.16. The van der Waals surface area contributed by atoms with Gasteiger partial charge in [0.2, 0.25) is 0 Å². The fraction of sp³-hybridized carbons (Fsp3) is 0.0909. The maximum Gasteiger partial charge on any atom is 0.573 e. The number of imidazole rings is 1. The van der Waals surface area contributed by atoms with Gasteiger partial charge in [-0.15, -0.1) is 13.2 Å². The SMILES string of the molecule is O=C(O)c1nc2sc3cc(OC(F)(F)F)ccc3n2c1Br. The van der Waals surface area contributed by atoms with Crippen molar-refractivity contribution in [1.29, 1.82) is 0 Å². The molecule has 2 heterocycles. The van der Waals surface area contributed by atoms with E-state index in [0.29, 0.717) is 15.2 Å². The average Bonchev–Trinajstić information content (AvgIpc) is 2.84. The van der Waals surface area contributed by atoms with Gasteiger partial charge in [-0.25, -0.2) is 9.78 Å². The molecule has 0 aliphatic rings. The van der Waals surface area contributed by atoms with Crippen LogP contribution in [0.2, 0.25) is 0 Å². The number of hydrogen-bond donors (Lipinski definition) is 1. The number of aromatic carboxylic acids is 1. The molecule has 0 aliphatic carbocycles. The Morgan fingerprint density at radius 3 is 2.76 bits per heavy atom. The molecule has 1 aromatic carbocycles. The molecule has 110 valence electrons. The van der Waals surface area contributed by atoms with Gasteiger partial charge in [0.1, 0.15) is 10.4 Å². The van der Waals surface area contributed by atoms with E-state index in [4.69, 9.17) is 5.11 Å². The van der Waals surface area contributed by atoms with Crippen LogP contribution in [0.4, 0.5) is 13.2 Å². The number of aromatic nitrogens is 2. The topological polar surface area (TPSA) is 63.8 Å². The van der Waals surface area contributed by atoms with Crippen molar-refractivity contribution in [3.05, 3.63) is 28.5 Å². The van der Waals surface area contributed by atoms with Crippen LogP contribution in [0.25, 0.3) is 15.2 Å². The maximum absolute atomic E-state index is 12.2. The second-order valence-corrected chi connectivity index (χ2v) is 5.71. The third kappa shape index (κ3) is 2.44. The van der Waals surface area contributed by atoms with E-state index in [0.717, 1.165) is 17.4 Å². The zero-order valence-electron chi connectivity index (χ0n) is 9.81. The quantitative estimate of drug-likeness (QED) is 0.731. The van der Waals surface area contributed by atoms with Gasteiger partial charge in [0.25, 0.3) is 0 Å². The third-order valence-electron chi connectivity index (χ3n) is 2.60. The summed E-state index contributed by atoms with van der Waals surface area (Å²) in [5, 5.41) is 8.98. The first-order chi connectivity index (χ1) is 9.76. The van der Waals surface area contributed by atoms with Gasteiger partial charge >= 0.3 is 12.3 Å². The molecule has 0 saturated carbocycles. The maximum atomic E-state index is 12.2. The van der Waals surface area contributed by atoms with E-state index in [1.165, 1.54) is 16.5 Å². The number of nitrogens with zero attached hydrogens (tertiary/aromatic N) is 2. The number of carbonyl (C=O) groups is 1. The number of hydrogen-bond acceptors (Lipinski definition) is 4. The Kier molecular flexibility index (Phi) is 3.10. The number of alkyl halides is 3. The van der Waals surface area contributed by atoms with Gasteiger partial charge in [0.15, 0.2) is 10.7 Å². The molecule has 1 N–H and O–H groups in total. The van der Waals surface area contributed by atoms with Crippen molar-refractivity contribution < 1.29 is 27.8 Å². The van der Waals surface area contributed by atoms with Crippen LogP contribution in [-0.4, -0.2) is 26.8 Å². The van der Waals surface area contributed by atoms with E-state index >= 15 is 0 Å². The summed E-state index contributed by atoms with van der Waals surface area (Å²) in [6.07, 6.45) is -4.76. The molecule has 0 amide bonds. The van der Waals surface area contributed by atoms with E-state index in [9.17, 15) is 18.0 Å². The largest absolute Gasteiger partial charge is 0.573 e. The third-order valence-corrected chi connectivity index (χ3v) is 4.33. The van der Waals surface area contributed by atoms with Crippen molar-refractivity contribution in [1.82, 2.24) is 9.38 Å². The van der Waals surface area contributed by atoms with Crippen LogP contribution in [0, 0.1) is 0 Å². The summed E-state index contributed by atoms with van der Waals surface area (Å²) in [6.45, 7) is 0. The molecule has 5 nitrogen and oxygen atoms in total. The van der Waals surface area contributed by atoms with Gasteiger partial charge in [0, 0.05) is 0 Å². The highest BCUT2D eigenvalue weighted by Gasteiger charge is 2.31. The van der Waals surface area contributed by atoms with Crippen molar-refractivity contribution in [2.75, 3.05) is 0 Å². The van der Waals surface area contributed by atoms with Crippen molar-refractivity contribution >= 4 is 48.4 Å². The van der Waals surface area contributed by atoms with E-state index in [1.54, 1.807) is 0 Å². The molecule has 0 saturated heterocycles. The average molecular weight is 381 g/mol. The number of thiazole rings is 1. The van der Waals surface area contributed by atoms with E-state index in [-0.39, 0.29) is 16.0 Å². The lowest BCUT2D eigenvalue weighted by atomic mass is 10.3. The standard InChI is InChI=1S/C11H4BrF3N2O3S/c12-8-7(9(18)19)16-10-17(8)5-2-1-4(3-6(5)21-10)20-11(13,14)15/h1-3H,(H,18,19). The van der Waals surface area contributed by atoms with Crippen molar-refractivity contribution in [3.8, 4) is 5.75 Å². The Morgan fingerprint density at radius 1 is 1.43 bits per heavy atom. The van der Waals surface area contributed by atoms with Crippen LogP contribution in [0.1, 0.15) is 10.5 Å². The molecule has 0 bridgehead atoms. The van der Waals surface area contributed by atoms with Gasteiger partial charge < -0.3 is 9.84 Å². The molecule has 0 aliphatic heterocycles. The summed E-state index contributed by atoms with van der Waals surface area (Å²) in [6, 6.07) is 3.81. The van der Waals surface area contributed by atoms with Crippen LogP contribution in [-0.2, 0) is 0 Å². The van der Waals surface area contributed by atoms with Crippen LogP contribution < -0.4 is 4.74 Å². The minimum absolute atomic E-state index is 0.154. The second kappa shape index (κ2) is 4.60. The van der Waals surface area contributed by atoms with Crippen molar-refractivity contribution in [3.63, 3.8) is 0 Å². The Balaban J connectivity index is 2.17. The summed E-state index contributed by atoms with van der Waals surface area (Å²) < 4.78 is 42.6. The molecule has 0 spiro atoms. The Labute approximate surface area is 126 Å². The number of fused-ring (bicyclic) bond motifs is 3. The fourth-order valence-corrected chi connectivity index (χ4v) is 3.64. The van der Waals surface area contributed by atoms with E-state index in [1.807, 2.05) is 0 Å². The van der Waals surface area contributed by atoms with Crippen LogP contribution >= 0.6 is 27.3 Å². The lowest BCUT2D eigenvalue weighted by molar-refractivity contribution is -0.274. The Hall–Kier alpha value is -1.81. The summed E-state index contributed by atoms with van der Waals surface area (Å²) in [7, 11) is 0. The first kappa shape index (κ1) is 14.1. The number of benzene rings is 1. The molecule has 0 fully saturated rings. The van der Waals surface area contributed by atoms with Crippen LogP contribution in [0.15, 0.2) is 22.8 Å². The molecule has 0 unspecified atom stereocenters. The highest BCUT2D eigenvalue weighted by Crippen LogP contribution is 2.34. The number of ether oxygens (including phenoxy) is 1. The zero-order valence-corrected chi connectivity index (χ0v) is 12.2. The Bertz CT molecular complexity index is 871. The minimum Gasteiger partial charge on any atom is -0.476 e. The summed E-state index contributed by atoms with van der Waals surface area (Å²) in [5.41, 5.74) is 0.384. The zero-order chi connectivity index (χ0) is 15.4. The molecule has 2 aromatic heterocycles. The summed E-state index contributed by atoms with van der Waals surface area (Å²) >= 11 is 4.20. The summed E-state index contributed by atoms with van der Waals surface area (Å²) in [4.78, 5) is 15.3. The fourth-order valence-electron chi connectivity index (χ4n) is 1.85. The van der Waals surface area contributed by atoms with Crippen molar-refractivity contribution in [2.45, 2.75) is 6.36 Å². The normalized spacial score (nSPS) is 12.2. The molecule has 0 atom stereocenters. The molecule has 3 rings (SSSR count). The molecular formula is C11H4BrF3N2O3S. The molecule has 10 heteroatoms. The first-order valence-electron chi connectivity index (χ1n) is 5.36. The molecule has 0 radical (unpaired) electrons. The highest BCUT2D eigenvalue weighted by molar-refractivity contribution is 9.10. The van der Waals surface area contributed by atoms with E-state index < -0.39 is 12.3 Å². The molecule has 3 aromatic rings. The summed E-state index contributed by atoms with van der Waals surface area (Å²) in [5.74, 6) is -1.53. The predicted molar refractivity (Wildman–Crippen MR) is 71.9 cm³/mol. The van der Waals surface area contributed by atoms with Crippen LogP contribution in [0.3, 0.4) is 0 Å². The second-order valence-electron chi connectivity index (χ2n) is 3.95. The van der Waals surface area contributed by atoms with Crippen LogP contribution in [0.5, 0.6) is 5.75 Å². The van der Waals surface area contributed by atoms with Gasteiger partial charge in [-0.05, 0) is 34.1 Å². The predicted octanol–water partition coefficient (Wildman–Crippen LogP) is 3.91. The first-order valence-corrected chi connectivity index (χ1v) is 6.97. The number of halogens is 4. The molecular weight excluding hydrogens is 377 g/mol. The molecule has 21 heavy (non-hydrogen) atoms. The van der Waals surface area contributed by atoms with Gasteiger partial charge in [-0.1, -0.05) is 11.3 Å². The minimum atomic E-state index is -4.76. The smallest absolute Gasteiger partial charge is 0.476 e. The van der Waals surface area contributed by atoms with Gasteiger partial charge in [-0.2, -0.15) is 0 Å². The number of rotatable bonds is 2. The van der Waals surface area contributed by atoms with Gasteiger partial charge in [0.05, 0.1) is 10.2 Å². The lowest BCUT2D eigenvalue weighted by Gasteiger charge is -2.08.